The first kappa shape index (κ1) is 63.2. The van der Waals surface area contributed by atoms with Crippen molar-refractivity contribution in [1.82, 2.24) is 24.5 Å². The molecule has 3 atom stereocenters. The Morgan fingerprint density at radius 3 is 0.815 bits per heavy atom. The van der Waals surface area contributed by atoms with E-state index >= 15 is 0 Å². The first-order valence-electron chi connectivity index (χ1n) is 27.3. The summed E-state index contributed by atoms with van der Waals surface area (Å²) in [5, 5.41) is 43.2. The second-order valence-electron chi connectivity index (χ2n) is 19.5. The minimum atomic E-state index is -1.33. The zero-order valence-electron chi connectivity index (χ0n) is 43.5. The molecule has 12 heteroatoms. The fraction of sp³-hybridized carbons (Fsp3) is 0.943. The van der Waals surface area contributed by atoms with E-state index in [0.717, 1.165) is 57.8 Å². The standard InChI is InChI=1S/C53H107N5O7/c1-7-10-13-16-19-22-25-28-31-34-38-54(4)51(63)48(60)45-57(43-44-59)41-37-42-58(46-49(61)52(64)55(5)39-35-32-29-26-23-20-17-14-11-8-2)47-50(62)53(65)56(6)40-36-33-30-27-24-21-18-15-12-9-3/h48-50,59-62H,7-47H2,1-6H3. The molecular formula is C53H107N5O7. The van der Waals surface area contributed by atoms with Crippen molar-refractivity contribution < 1.29 is 34.8 Å². The summed E-state index contributed by atoms with van der Waals surface area (Å²) >= 11 is 0. The third-order valence-corrected chi connectivity index (χ3v) is 13.2. The molecule has 0 aromatic carbocycles. The Balaban J connectivity index is 5.23. The van der Waals surface area contributed by atoms with Gasteiger partial charge in [0.15, 0.2) is 0 Å². The summed E-state index contributed by atoms with van der Waals surface area (Å²) < 4.78 is 0. The molecule has 0 aliphatic heterocycles. The zero-order valence-corrected chi connectivity index (χ0v) is 43.5. The molecule has 0 radical (unpaired) electrons. The van der Waals surface area contributed by atoms with Crippen LogP contribution in [0.15, 0.2) is 0 Å². The molecule has 0 fully saturated rings. The van der Waals surface area contributed by atoms with E-state index in [9.17, 15) is 34.8 Å². The van der Waals surface area contributed by atoms with Crippen molar-refractivity contribution in [3.63, 3.8) is 0 Å². The molecule has 0 aromatic rings. The summed E-state index contributed by atoms with van der Waals surface area (Å²) in [6.45, 7) is 9.29. The minimum Gasteiger partial charge on any atom is -0.395 e. The summed E-state index contributed by atoms with van der Waals surface area (Å²) in [5.74, 6) is -1.09. The van der Waals surface area contributed by atoms with Crippen molar-refractivity contribution in [2.24, 2.45) is 0 Å². The zero-order chi connectivity index (χ0) is 48.3. The number of hydrogen-bond acceptors (Lipinski definition) is 9. The van der Waals surface area contributed by atoms with E-state index < -0.39 is 18.3 Å². The third-order valence-electron chi connectivity index (χ3n) is 13.2. The molecule has 0 saturated heterocycles. The first-order valence-corrected chi connectivity index (χ1v) is 27.3. The number of nitrogens with zero attached hydrogens (tertiary/aromatic N) is 5. The van der Waals surface area contributed by atoms with Gasteiger partial charge < -0.3 is 35.1 Å². The number of rotatable bonds is 48. The lowest BCUT2D eigenvalue weighted by atomic mass is 10.1. The topological polar surface area (TPSA) is 148 Å². The Labute approximate surface area is 400 Å². The maximum absolute atomic E-state index is 13.4. The fourth-order valence-electron chi connectivity index (χ4n) is 8.78. The summed E-state index contributed by atoms with van der Waals surface area (Å²) in [4.78, 5) is 48.2. The van der Waals surface area contributed by atoms with Gasteiger partial charge in [0, 0.05) is 67.0 Å². The number of unbranched alkanes of at least 4 members (excludes halogenated alkanes) is 27. The van der Waals surface area contributed by atoms with Crippen molar-refractivity contribution in [3.8, 4) is 0 Å². The summed E-state index contributed by atoms with van der Waals surface area (Å²) in [6, 6.07) is 0. The highest BCUT2D eigenvalue weighted by atomic mass is 16.3. The van der Waals surface area contributed by atoms with E-state index in [0.29, 0.717) is 39.1 Å². The van der Waals surface area contributed by atoms with Crippen LogP contribution < -0.4 is 0 Å². The largest absolute Gasteiger partial charge is 0.395 e. The highest BCUT2D eigenvalue weighted by molar-refractivity contribution is 5.81. The van der Waals surface area contributed by atoms with Gasteiger partial charge in [-0.05, 0) is 38.8 Å². The van der Waals surface area contributed by atoms with Crippen molar-refractivity contribution in [1.29, 1.82) is 0 Å². The van der Waals surface area contributed by atoms with Crippen molar-refractivity contribution in [3.05, 3.63) is 0 Å². The molecule has 0 heterocycles. The highest BCUT2D eigenvalue weighted by Gasteiger charge is 2.28. The number of amides is 3. The summed E-state index contributed by atoms with van der Waals surface area (Å²) in [5.41, 5.74) is 0. The number of likely N-dealkylation sites (N-methyl/N-ethyl adjacent to an activating group) is 3. The summed E-state index contributed by atoms with van der Waals surface area (Å²) in [7, 11) is 5.17. The average Bonchev–Trinajstić information content (AvgIpc) is 3.29. The van der Waals surface area contributed by atoms with E-state index in [2.05, 4.69) is 20.8 Å². The van der Waals surface area contributed by atoms with E-state index in [1.165, 1.54) is 135 Å². The van der Waals surface area contributed by atoms with Crippen LogP contribution in [0.5, 0.6) is 0 Å². The van der Waals surface area contributed by atoms with Crippen molar-refractivity contribution in [2.75, 3.05) is 86.7 Å². The summed E-state index contributed by atoms with van der Waals surface area (Å²) in [6.07, 6.45) is 32.7. The molecule has 0 bridgehead atoms. The quantitative estimate of drug-likeness (QED) is 0.0439. The van der Waals surface area contributed by atoms with Gasteiger partial charge in [-0.2, -0.15) is 0 Å². The van der Waals surface area contributed by atoms with Crippen LogP contribution in [-0.4, -0.2) is 168 Å². The number of hydrogen-bond donors (Lipinski definition) is 4. The predicted molar refractivity (Wildman–Crippen MR) is 271 cm³/mol. The van der Waals surface area contributed by atoms with Crippen molar-refractivity contribution >= 4 is 17.7 Å². The molecule has 3 unspecified atom stereocenters. The van der Waals surface area contributed by atoms with Gasteiger partial charge in [-0.15, -0.1) is 0 Å². The van der Waals surface area contributed by atoms with Crippen molar-refractivity contribution in [2.45, 2.75) is 238 Å². The smallest absolute Gasteiger partial charge is 0.252 e. The minimum absolute atomic E-state index is 0.0431. The van der Waals surface area contributed by atoms with Gasteiger partial charge in [0.05, 0.1) is 6.61 Å². The molecular weight excluding hydrogens is 819 g/mol. The number of carbonyl (C=O) groups excluding carboxylic acids is 3. The van der Waals surface area contributed by atoms with Crippen LogP contribution in [-0.2, 0) is 14.4 Å². The van der Waals surface area contributed by atoms with Crippen LogP contribution in [0, 0.1) is 0 Å². The van der Waals surface area contributed by atoms with Crippen LogP contribution in [0.25, 0.3) is 0 Å². The molecule has 0 spiro atoms. The SMILES string of the molecule is CCCCCCCCCCCCN(C)C(=O)C(O)CN(CCO)CCCN(CC(O)C(=O)N(C)CCCCCCCCCCCC)CC(O)C(=O)N(C)CCCCCCCCCCCC. The van der Waals surface area contributed by atoms with Gasteiger partial charge in [0.2, 0.25) is 0 Å². The first-order chi connectivity index (χ1) is 31.4. The number of aliphatic hydroxyl groups excluding tert-OH is 4. The molecule has 0 rings (SSSR count). The van der Waals surface area contributed by atoms with Gasteiger partial charge in [-0.1, -0.05) is 194 Å². The van der Waals surface area contributed by atoms with Gasteiger partial charge in [-0.3, -0.25) is 24.2 Å². The van der Waals surface area contributed by atoms with E-state index in [-0.39, 0.29) is 50.5 Å². The molecule has 3 amide bonds. The Bertz CT molecular complexity index is 1050. The van der Waals surface area contributed by atoms with Gasteiger partial charge in [0.1, 0.15) is 18.3 Å². The second kappa shape index (κ2) is 44.7. The highest BCUT2D eigenvalue weighted by Crippen LogP contribution is 2.14. The van der Waals surface area contributed by atoms with E-state index in [1.54, 1.807) is 40.7 Å². The molecule has 4 N–H and O–H groups in total. The Kier molecular flexibility index (Phi) is 43.4. The third kappa shape index (κ3) is 35.9. The number of carbonyl (C=O) groups is 3. The molecule has 0 aliphatic carbocycles. The predicted octanol–water partition coefficient (Wildman–Crippen LogP) is 9.19. The average molecular weight is 926 g/mol. The van der Waals surface area contributed by atoms with Crippen LogP contribution in [0.2, 0.25) is 0 Å². The molecule has 12 nitrogen and oxygen atoms in total. The molecule has 386 valence electrons. The number of aliphatic hydroxyl groups is 4. The second-order valence-corrected chi connectivity index (χ2v) is 19.5. The van der Waals surface area contributed by atoms with E-state index in [1.807, 2.05) is 4.90 Å². The van der Waals surface area contributed by atoms with Crippen LogP contribution in [0.1, 0.15) is 220 Å². The van der Waals surface area contributed by atoms with Gasteiger partial charge in [-0.25, -0.2) is 0 Å². The maximum Gasteiger partial charge on any atom is 0.252 e. The normalized spacial score (nSPS) is 13.1. The monoisotopic (exact) mass is 926 g/mol. The van der Waals surface area contributed by atoms with Crippen LogP contribution in [0.4, 0.5) is 0 Å². The van der Waals surface area contributed by atoms with Gasteiger partial charge in [0.25, 0.3) is 17.7 Å². The molecule has 0 saturated carbocycles. The molecule has 0 aromatic heterocycles. The Hall–Kier alpha value is -1.83. The maximum atomic E-state index is 13.4. The lowest BCUT2D eigenvalue weighted by Crippen LogP contribution is -2.49. The van der Waals surface area contributed by atoms with E-state index in [4.69, 9.17) is 0 Å². The Morgan fingerprint density at radius 1 is 0.323 bits per heavy atom. The Morgan fingerprint density at radius 2 is 0.554 bits per heavy atom. The lowest BCUT2D eigenvalue weighted by molar-refractivity contribution is -0.142. The molecule has 65 heavy (non-hydrogen) atoms. The molecule has 0 aliphatic rings. The van der Waals surface area contributed by atoms with Crippen LogP contribution in [0.3, 0.4) is 0 Å². The van der Waals surface area contributed by atoms with Gasteiger partial charge >= 0.3 is 0 Å². The lowest BCUT2D eigenvalue weighted by Gasteiger charge is -2.31. The van der Waals surface area contributed by atoms with Crippen LogP contribution >= 0.6 is 0 Å². The fourth-order valence-corrected chi connectivity index (χ4v) is 8.78.